The Morgan fingerprint density at radius 3 is 2.38 bits per heavy atom. The van der Waals surface area contributed by atoms with Gasteiger partial charge < -0.3 is 9.63 Å². The number of aromatic hydroxyl groups is 1. The van der Waals surface area contributed by atoms with E-state index in [-0.39, 0.29) is 18.5 Å². The summed E-state index contributed by atoms with van der Waals surface area (Å²) in [6.07, 6.45) is 4.24. The lowest BCUT2D eigenvalue weighted by molar-refractivity contribution is 0.278. The quantitative estimate of drug-likeness (QED) is 0.237. The van der Waals surface area contributed by atoms with Crippen molar-refractivity contribution >= 4 is 7.60 Å². The summed E-state index contributed by atoms with van der Waals surface area (Å²) in [6.45, 7) is 6.24. The second kappa shape index (κ2) is 11.4. The Labute approximate surface area is 191 Å². The summed E-state index contributed by atoms with van der Waals surface area (Å²) in [5.41, 5.74) is 4.27. The van der Waals surface area contributed by atoms with Crippen molar-refractivity contribution in [2.24, 2.45) is 0 Å². The van der Waals surface area contributed by atoms with E-state index in [4.69, 9.17) is 9.05 Å². The molecule has 0 heterocycles. The van der Waals surface area contributed by atoms with Crippen LogP contribution in [0.4, 0.5) is 0 Å². The smallest absolute Gasteiger partial charge is 0.383 e. The molecule has 170 valence electrons. The van der Waals surface area contributed by atoms with Crippen molar-refractivity contribution in [2.75, 3.05) is 6.61 Å². The highest BCUT2D eigenvalue weighted by Crippen LogP contribution is 2.54. The van der Waals surface area contributed by atoms with Crippen molar-refractivity contribution in [2.45, 2.75) is 52.6 Å². The molecule has 4 nitrogen and oxygen atoms in total. The third kappa shape index (κ3) is 6.48. The Morgan fingerprint density at radius 1 is 0.906 bits per heavy atom. The molecule has 0 radical (unpaired) electrons. The van der Waals surface area contributed by atoms with Crippen LogP contribution in [-0.2, 0) is 21.7 Å². The summed E-state index contributed by atoms with van der Waals surface area (Å²) in [6, 6.07) is 21.1. The molecule has 0 fully saturated rings. The van der Waals surface area contributed by atoms with E-state index in [0.29, 0.717) is 11.3 Å². The van der Waals surface area contributed by atoms with E-state index in [1.54, 1.807) is 13.0 Å². The number of hydrogen-bond acceptors (Lipinski definition) is 4. The van der Waals surface area contributed by atoms with E-state index in [0.717, 1.165) is 47.9 Å². The van der Waals surface area contributed by atoms with E-state index in [1.165, 1.54) is 0 Å². The highest BCUT2D eigenvalue weighted by molar-refractivity contribution is 7.53. The highest BCUT2D eigenvalue weighted by Gasteiger charge is 2.29. The van der Waals surface area contributed by atoms with Gasteiger partial charge in [-0.1, -0.05) is 79.9 Å². The van der Waals surface area contributed by atoms with Gasteiger partial charge in [-0.15, -0.1) is 0 Å². The van der Waals surface area contributed by atoms with Crippen LogP contribution in [0.25, 0.3) is 11.1 Å². The Kier molecular flexibility index (Phi) is 8.55. The van der Waals surface area contributed by atoms with Crippen LogP contribution >= 0.6 is 7.60 Å². The van der Waals surface area contributed by atoms with E-state index in [1.807, 2.05) is 67.6 Å². The van der Waals surface area contributed by atoms with Gasteiger partial charge in [0.1, 0.15) is 11.5 Å². The third-order valence-electron chi connectivity index (χ3n) is 5.30. The first-order valence-electron chi connectivity index (χ1n) is 11.3. The first kappa shape index (κ1) is 24.1. The van der Waals surface area contributed by atoms with Crippen LogP contribution in [0.1, 0.15) is 49.8 Å². The predicted molar refractivity (Wildman–Crippen MR) is 132 cm³/mol. The minimum absolute atomic E-state index is 0.127. The fourth-order valence-corrected chi connectivity index (χ4v) is 5.50. The first-order valence-corrected chi connectivity index (χ1v) is 13.1. The van der Waals surface area contributed by atoms with Crippen LogP contribution in [0.15, 0.2) is 66.7 Å². The van der Waals surface area contributed by atoms with Crippen molar-refractivity contribution in [3.63, 3.8) is 0 Å². The molecule has 0 aromatic heterocycles. The van der Waals surface area contributed by atoms with Gasteiger partial charge >= 0.3 is 7.60 Å². The molecule has 32 heavy (non-hydrogen) atoms. The topological polar surface area (TPSA) is 55.8 Å². The molecule has 3 aromatic rings. The number of rotatable bonds is 11. The zero-order chi connectivity index (χ0) is 23.0. The zero-order valence-corrected chi connectivity index (χ0v) is 20.1. The van der Waals surface area contributed by atoms with Crippen LogP contribution in [0.5, 0.6) is 11.5 Å². The maximum atomic E-state index is 13.8. The van der Waals surface area contributed by atoms with Crippen LogP contribution < -0.4 is 4.52 Å². The number of unbranched alkanes of at least 4 members (excludes halogenated alkanes) is 2. The van der Waals surface area contributed by atoms with Gasteiger partial charge in [0.15, 0.2) is 0 Å². The second-order valence-electron chi connectivity index (χ2n) is 8.08. The molecule has 0 aliphatic heterocycles. The van der Waals surface area contributed by atoms with Crippen molar-refractivity contribution in [1.29, 1.82) is 0 Å². The molecular weight excluding hydrogens is 419 g/mol. The van der Waals surface area contributed by atoms with Crippen molar-refractivity contribution in [1.82, 2.24) is 0 Å². The number of phenols is 1. The normalized spacial score (nSPS) is 13.0. The number of phenolic OH excluding ortho intramolecular Hbond substituents is 1. The van der Waals surface area contributed by atoms with E-state index in [2.05, 4.69) is 6.92 Å². The van der Waals surface area contributed by atoms with Gasteiger partial charge in [0.2, 0.25) is 0 Å². The highest BCUT2D eigenvalue weighted by atomic mass is 31.2. The molecule has 5 heteroatoms. The summed E-state index contributed by atoms with van der Waals surface area (Å²) in [5, 5.41) is 11.0. The predicted octanol–water partition coefficient (Wildman–Crippen LogP) is 7.91. The molecule has 1 unspecified atom stereocenters. The lowest BCUT2D eigenvalue weighted by Gasteiger charge is -2.22. The Balaban J connectivity index is 2.04. The Hall–Kier alpha value is -2.55. The standard InChI is InChI=1S/C27H33O4P/c1-4-6-8-15-23-18-25(28)27(24-16-11-12-21(3)17-24)26(19-23)31-32(29,30-5-2)20-22-13-9-7-10-14-22/h7,9-14,16-19,28H,4-6,8,15,20H2,1-3H3. The van der Waals surface area contributed by atoms with Gasteiger partial charge in [-0.25, -0.2) is 4.57 Å². The third-order valence-corrected chi connectivity index (χ3v) is 7.18. The number of benzene rings is 3. The van der Waals surface area contributed by atoms with Crippen LogP contribution in [0.3, 0.4) is 0 Å². The maximum Gasteiger partial charge on any atom is 0.383 e. The van der Waals surface area contributed by atoms with E-state index in [9.17, 15) is 9.67 Å². The van der Waals surface area contributed by atoms with Crippen molar-refractivity contribution < 1.29 is 18.7 Å². The molecule has 1 atom stereocenters. The molecule has 3 rings (SSSR count). The summed E-state index contributed by atoms with van der Waals surface area (Å²) < 4.78 is 25.6. The summed E-state index contributed by atoms with van der Waals surface area (Å²) >= 11 is 0. The van der Waals surface area contributed by atoms with Gasteiger partial charge in [0.25, 0.3) is 0 Å². The van der Waals surface area contributed by atoms with Gasteiger partial charge in [0, 0.05) is 0 Å². The minimum Gasteiger partial charge on any atom is -0.507 e. The Bertz CT molecular complexity index is 1060. The fourth-order valence-electron chi connectivity index (χ4n) is 3.80. The number of hydrogen-bond donors (Lipinski definition) is 1. The van der Waals surface area contributed by atoms with E-state index < -0.39 is 7.60 Å². The summed E-state index contributed by atoms with van der Waals surface area (Å²) in [7, 11) is -3.50. The molecule has 0 spiro atoms. The molecule has 0 aliphatic carbocycles. The molecule has 3 aromatic carbocycles. The van der Waals surface area contributed by atoms with Gasteiger partial charge in [0.05, 0.1) is 18.3 Å². The van der Waals surface area contributed by atoms with Crippen LogP contribution in [0, 0.1) is 6.92 Å². The average Bonchev–Trinajstić information content (AvgIpc) is 2.74. The number of aryl methyl sites for hydroxylation is 2. The fraction of sp³-hybridized carbons (Fsp3) is 0.333. The van der Waals surface area contributed by atoms with E-state index >= 15 is 0 Å². The minimum atomic E-state index is -3.50. The van der Waals surface area contributed by atoms with Crippen LogP contribution in [0.2, 0.25) is 0 Å². The second-order valence-corrected chi connectivity index (χ2v) is 10.1. The largest absolute Gasteiger partial charge is 0.507 e. The van der Waals surface area contributed by atoms with Gasteiger partial charge in [-0.05, 0) is 55.5 Å². The molecule has 1 N–H and O–H groups in total. The summed E-state index contributed by atoms with van der Waals surface area (Å²) in [5.74, 6) is 0.525. The zero-order valence-electron chi connectivity index (χ0n) is 19.2. The maximum absolute atomic E-state index is 13.8. The summed E-state index contributed by atoms with van der Waals surface area (Å²) in [4.78, 5) is 0. The van der Waals surface area contributed by atoms with Gasteiger partial charge in [-0.3, -0.25) is 4.52 Å². The average molecular weight is 453 g/mol. The van der Waals surface area contributed by atoms with Crippen LogP contribution in [-0.4, -0.2) is 11.7 Å². The Morgan fingerprint density at radius 2 is 1.69 bits per heavy atom. The lowest BCUT2D eigenvalue weighted by atomic mass is 9.98. The van der Waals surface area contributed by atoms with Gasteiger partial charge in [-0.2, -0.15) is 0 Å². The molecule has 0 saturated carbocycles. The molecule has 0 amide bonds. The molecular formula is C27H33O4P. The monoisotopic (exact) mass is 452 g/mol. The SMILES string of the molecule is CCCCCc1cc(O)c(-c2cccc(C)c2)c(OP(=O)(Cc2ccccc2)OCC)c1. The van der Waals surface area contributed by atoms with Crippen molar-refractivity contribution in [3.8, 4) is 22.6 Å². The molecule has 0 aliphatic rings. The van der Waals surface area contributed by atoms with Crippen molar-refractivity contribution in [3.05, 3.63) is 83.4 Å². The first-order chi connectivity index (χ1) is 15.4. The lowest BCUT2D eigenvalue weighted by Crippen LogP contribution is -2.03. The molecule has 0 bridgehead atoms. The molecule has 0 saturated heterocycles.